The molecule has 1 amide bonds. The van der Waals surface area contributed by atoms with Crippen molar-refractivity contribution in [3.8, 4) is 0 Å². The van der Waals surface area contributed by atoms with Crippen LogP contribution >= 0.6 is 0 Å². The maximum atomic E-state index is 13.4. The van der Waals surface area contributed by atoms with Crippen molar-refractivity contribution in [2.75, 3.05) is 13.1 Å². The molecule has 0 radical (unpaired) electrons. The van der Waals surface area contributed by atoms with E-state index in [9.17, 15) is 9.18 Å². The second-order valence-corrected chi connectivity index (χ2v) is 7.95. The number of nitrogens with zero attached hydrogens (tertiary/aromatic N) is 1. The Hall–Kier alpha value is -2.62. The Labute approximate surface area is 158 Å². The lowest BCUT2D eigenvalue weighted by Crippen LogP contribution is -2.43. The highest BCUT2D eigenvalue weighted by molar-refractivity contribution is 5.91. The van der Waals surface area contributed by atoms with Gasteiger partial charge < -0.3 is 9.88 Å². The highest BCUT2D eigenvalue weighted by Gasteiger charge is 2.53. The average Bonchev–Trinajstić information content (AvgIpc) is 3.42. The summed E-state index contributed by atoms with van der Waals surface area (Å²) in [7, 11) is 0. The molecule has 0 bridgehead atoms. The number of aromatic nitrogens is 1. The van der Waals surface area contributed by atoms with Crippen molar-refractivity contribution in [1.29, 1.82) is 0 Å². The summed E-state index contributed by atoms with van der Waals surface area (Å²) >= 11 is 0. The Morgan fingerprint density at radius 2 is 1.81 bits per heavy atom. The fourth-order valence-electron chi connectivity index (χ4n) is 4.66. The Kier molecular flexibility index (Phi) is 3.81. The molecular weight excluding hydrogens is 339 g/mol. The molecule has 1 saturated carbocycles. The van der Waals surface area contributed by atoms with Crippen molar-refractivity contribution in [1.82, 2.24) is 9.88 Å². The quantitative estimate of drug-likeness (QED) is 0.717. The van der Waals surface area contributed by atoms with E-state index in [2.05, 4.69) is 22.0 Å². The van der Waals surface area contributed by atoms with E-state index in [0.29, 0.717) is 11.8 Å². The van der Waals surface area contributed by atoms with Gasteiger partial charge in [-0.3, -0.25) is 4.79 Å². The SMILES string of the molecule is O=C(N1CCC(c2c[nH]c3cc(F)ccc23)CC1)C1(c2ccccc2)CC1. The third kappa shape index (κ3) is 2.75. The molecule has 2 aromatic carbocycles. The number of fused-ring (bicyclic) bond motifs is 1. The van der Waals surface area contributed by atoms with Crippen molar-refractivity contribution < 1.29 is 9.18 Å². The van der Waals surface area contributed by atoms with Crippen molar-refractivity contribution >= 4 is 16.8 Å². The van der Waals surface area contributed by atoms with Gasteiger partial charge in [0.05, 0.1) is 5.41 Å². The van der Waals surface area contributed by atoms with Gasteiger partial charge in [0.15, 0.2) is 0 Å². The summed E-state index contributed by atoms with van der Waals surface area (Å²) in [5, 5.41) is 1.10. The molecule has 3 nitrogen and oxygen atoms in total. The van der Waals surface area contributed by atoms with Crippen LogP contribution in [0.4, 0.5) is 4.39 Å². The summed E-state index contributed by atoms with van der Waals surface area (Å²) in [6.45, 7) is 1.60. The maximum Gasteiger partial charge on any atom is 0.233 e. The zero-order valence-electron chi connectivity index (χ0n) is 15.2. The number of rotatable bonds is 3. The van der Waals surface area contributed by atoms with Gasteiger partial charge in [-0.25, -0.2) is 4.39 Å². The first-order chi connectivity index (χ1) is 13.2. The van der Waals surface area contributed by atoms with Gasteiger partial charge in [0.1, 0.15) is 5.82 Å². The molecule has 3 aromatic rings. The molecule has 4 heteroatoms. The summed E-state index contributed by atoms with van der Waals surface area (Å²) in [5.41, 5.74) is 2.99. The van der Waals surface area contributed by atoms with Crippen LogP contribution in [0.2, 0.25) is 0 Å². The Morgan fingerprint density at radius 1 is 1.07 bits per heavy atom. The molecule has 5 rings (SSSR count). The van der Waals surface area contributed by atoms with E-state index in [1.165, 1.54) is 11.6 Å². The first-order valence-corrected chi connectivity index (χ1v) is 9.79. The Morgan fingerprint density at radius 3 is 2.52 bits per heavy atom. The number of benzene rings is 2. The zero-order valence-corrected chi connectivity index (χ0v) is 15.2. The van der Waals surface area contributed by atoms with Crippen LogP contribution in [-0.2, 0) is 10.2 Å². The van der Waals surface area contributed by atoms with Crippen LogP contribution in [0.5, 0.6) is 0 Å². The molecule has 1 aliphatic carbocycles. The summed E-state index contributed by atoms with van der Waals surface area (Å²) in [6, 6.07) is 15.2. The summed E-state index contributed by atoms with van der Waals surface area (Å²) in [6.07, 6.45) is 5.86. The summed E-state index contributed by atoms with van der Waals surface area (Å²) in [4.78, 5) is 18.5. The number of nitrogens with one attached hydrogen (secondary N) is 1. The number of hydrogen-bond donors (Lipinski definition) is 1. The summed E-state index contributed by atoms with van der Waals surface area (Å²) in [5.74, 6) is 0.500. The molecule has 0 atom stereocenters. The number of carbonyl (C=O) groups is 1. The zero-order chi connectivity index (χ0) is 18.4. The van der Waals surface area contributed by atoms with Crippen molar-refractivity contribution in [2.24, 2.45) is 0 Å². The topological polar surface area (TPSA) is 36.1 Å². The molecule has 2 fully saturated rings. The fourth-order valence-corrected chi connectivity index (χ4v) is 4.66. The average molecular weight is 362 g/mol. The smallest absolute Gasteiger partial charge is 0.233 e. The number of aromatic amines is 1. The second kappa shape index (κ2) is 6.22. The van der Waals surface area contributed by atoms with E-state index in [1.54, 1.807) is 6.07 Å². The first kappa shape index (κ1) is 16.5. The van der Waals surface area contributed by atoms with E-state index >= 15 is 0 Å². The maximum absolute atomic E-state index is 13.4. The molecule has 1 aromatic heterocycles. The lowest BCUT2D eigenvalue weighted by atomic mass is 9.87. The number of hydrogen-bond acceptors (Lipinski definition) is 1. The highest BCUT2D eigenvalue weighted by atomic mass is 19.1. The van der Waals surface area contributed by atoms with Gasteiger partial charge in [0, 0.05) is 30.2 Å². The number of halogens is 1. The van der Waals surface area contributed by atoms with Crippen molar-refractivity contribution in [3.05, 3.63) is 71.7 Å². The fraction of sp³-hybridized carbons (Fsp3) is 0.348. The van der Waals surface area contributed by atoms with Crippen LogP contribution in [-0.4, -0.2) is 28.9 Å². The van der Waals surface area contributed by atoms with Gasteiger partial charge in [-0.05, 0) is 60.9 Å². The molecule has 2 heterocycles. The van der Waals surface area contributed by atoms with Gasteiger partial charge in [-0.1, -0.05) is 30.3 Å². The lowest BCUT2D eigenvalue weighted by Gasteiger charge is -2.34. The van der Waals surface area contributed by atoms with Gasteiger partial charge in [-0.2, -0.15) is 0 Å². The van der Waals surface area contributed by atoms with Gasteiger partial charge in [0.2, 0.25) is 5.91 Å². The van der Waals surface area contributed by atoms with Crippen LogP contribution in [0.25, 0.3) is 10.9 Å². The van der Waals surface area contributed by atoms with E-state index in [-0.39, 0.29) is 11.2 Å². The number of piperidine rings is 1. The van der Waals surface area contributed by atoms with E-state index < -0.39 is 0 Å². The molecule has 2 aliphatic rings. The molecule has 1 N–H and O–H groups in total. The van der Waals surface area contributed by atoms with Crippen LogP contribution in [0.15, 0.2) is 54.7 Å². The lowest BCUT2D eigenvalue weighted by molar-refractivity contribution is -0.135. The Balaban J connectivity index is 1.31. The monoisotopic (exact) mass is 362 g/mol. The molecule has 1 aliphatic heterocycles. The minimum Gasteiger partial charge on any atom is -0.361 e. The van der Waals surface area contributed by atoms with Crippen LogP contribution in [0.3, 0.4) is 0 Å². The Bertz CT molecular complexity index is 982. The molecular formula is C23H23FN2O. The van der Waals surface area contributed by atoms with Crippen molar-refractivity contribution in [2.45, 2.75) is 37.0 Å². The summed E-state index contributed by atoms with van der Waals surface area (Å²) < 4.78 is 13.4. The highest BCUT2D eigenvalue weighted by Crippen LogP contribution is 2.50. The van der Waals surface area contributed by atoms with Crippen LogP contribution in [0, 0.1) is 5.82 Å². The predicted octanol–water partition coefficient (Wildman–Crippen LogP) is 4.74. The molecule has 1 saturated heterocycles. The third-order valence-corrected chi connectivity index (χ3v) is 6.38. The van der Waals surface area contributed by atoms with Crippen LogP contribution < -0.4 is 0 Å². The third-order valence-electron chi connectivity index (χ3n) is 6.38. The number of amides is 1. The van der Waals surface area contributed by atoms with Gasteiger partial charge in [-0.15, -0.1) is 0 Å². The second-order valence-electron chi connectivity index (χ2n) is 7.95. The number of likely N-dealkylation sites (tertiary alicyclic amines) is 1. The van der Waals surface area contributed by atoms with E-state index in [0.717, 1.165) is 55.2 Å². The predicted molar refractivity (Wildman–Crippen MR) is 104 cm³/mol. The normalized spacial score (nSPS) is 19.4. The number of H-pyrrole nitrogens is 1. The molecule has 138 valence electrons. The first-order valence-electron chi connectivity index (χ1n) is 9.79. The number of carbonyl (C=O) groups excluding carboxylic acids is 1. The van der Waals surface area contributed by atoms with E-state index in [4.69, 9.17) is 0 Å². The molecule has 0 unspecified atom stereocenters. The largest absolute Gasteiger partial charge is 0.361 e. The van der Waals surface area contributed by atoms with E-state index in [1.807, 2.05) is 30.5 Å². The molecule has 0 spiro atoms. The van der Waals surface area contributed by atoms with Gasteiger partial charge in [0.25, 0.3) is 0 Å². The standard InChI is InChI=1S/C23H23FN2O/c24-18-6-7-19-20(15-25-21(19)14-18)16-8-12-26(13-9-16)22(27)23(10-11-23)17-4-2-1-3-5-17/h1-7,14-16,25H,8-13H2. The minimum atomic E-state index is -0.271. The van der Waals surface area contributed by atoms with Gasteiger partial charge >= 0.3 is 0 Å². The van der Waals surface area contributed by atoms with Crippen LogP contribution in [0.1, 0.15) is 42.7 Å². The van der Waals surface area contributed by atoms with Crippen molar-refractivity contribution in [3.63, 3.8) is 0 Å². The minimum absolute atomic E-state index is 0.216. The molecule has 27 heavy (non-hydrogen) atoms.